The van der Waals surface area contributed by atoms with Crippen molar-refractivity contribution in [2.45, 2.75) is 20.3 Å². The lowest BCUT2D eigenvalue weighted by Crippen LogP contribution is -2.27. The number of anilines is 1. The number of thioether (sulfide) groups is 1. The third-order valence-corrected chi connectivity index (χ3v) is 5.19. The number of rotatable bonds is 7. The van der Waals surface area contributed by atoms with Crippen molar-refractivity contribution in [1.29, 1.82) is 0 Å². The second-order valence-electron chi connectivity index (χ2n) is 5.98. The molecule has 2 aromatic carbocycles. The lowest BCUT2D eigenvalue weighted by atomic mass is 10.1. The van der Waals surface area contributed by atoms with Crippen LogP contribution in [0.3, 0.4) is 0 Å². The first-order valence-corrected chi connectivity index (χ1v) is 10.2. The van der Waals surface area contributed by atoms with Crippen LogP contribution in [0.2, 0.25) is 0 Å². The highest BCUT2D eigenvalue weighted by atomic mass is 32.2. The lowest BCUT2D eigenvalue weighted by molar-refractivity contribution is -0.113. The summed E-state index contributed by atoms with van der Waals surface area (Å²) in [6, 6.07) is 11.4. The topological polar surface area (TPSA) is 38.8 Å². The molecule has 1 saturated heterocycles. The van der Waals surface area contributed by atoms with Crippen LogP contribution in [-0.4, -0.2) is 23.4 Å². The van der Waals surface area contributed by atoms with Crippen LogP contribution in [0, 0.1) is 5.82 Å². The summed E-state index contributed by atoms with van der Waals surface area (Å²) in [4.78, 5) is 14.6. The fourth-order valence-electron chi connectivity index (χ4n) is 2.67. The number of nitrogens with zero attached hydrogens (tertiary/aromatic N) is 1. The van der Waals surface area contributed by atoms with Gasteiger partial charge in [0.1, 0.15) is 5.82 Å². The Labute approximate surface area is 173 Å². The molecule has 0 aromatic heterocycles. The summed E-state index contributed by atoms with van der Waals surface area (Å²) in [5.74, 6) is 0.614. The maximum Gasteiger partial charge on any atom is 0.270 e. The van der Waals surface area contributed by atoms with E-state index in [1.807, 2.05) is 32.0 Å². The van der Waals surface area contributed by atoms with Gasteiger partial charge in [-0.2, -0.15) is 0 Å². The molecular weight excluding hydrogens is 397 g/mol. The molecule has 0 bridgehead atoms. The molecule has 0 atom stereocenters. The van der Waals surface area contributed by atoms with Gasteiger partial charge >= 0.3 is 0 Å². The Kier molecular flexibility index (Phi) is 6.70. The van der Waals surface area contributed by atoms with E-state index in [2.05, 4.69) is 0 Å². The molecular formula is C21H20FNO3S2. The summed E-state index contributed by atoms with van der Waals surface area (Å²) in [5.41, 5.74) is 1.22. The van der Waals surface area contributed by atoms with Crippen molar-refractivity contribution >= 4 is 46.0 Å². The maximum absolute atomic E-state index is 13.5. The van der Waals surface area contributed by atoms with E-state index in [0.29, 0.717) is 39.6 Å². The van der Waals surface area contributed by atoms with Crippen LogP contribution < -0.4 is 14.4 Å². The normalized spacial score (nSPS) is 15.4. The van der Waals surface area contributed by atoms with Crippen LogP contribution in [0.4, 0.5) is 10.1 Å². The van der Waals surface area contributed by atoms with Crippen molar-refractivity contribution in [3.63, 3.8) is 0 Å². The molecule has 3 rings (SSSR count). The van der Waals surface area contributed by atoms with Crippen LogP contribution in [0.1, 0.15) is 25.8 Å². The minimum atomic E-state index is -0.417. The minimum absolute atomic E-state index is 0.273. The molecule has 28 heavy (non-hydrogen) atoms. The first-order valence-electron chi connectivity index (χ1n) is 8.96. The van der Waals surface area contributed by atoms with Gasteiger partial charge in [0.05, 0.1) is 23.8 Å². The van der Waals surface area contributed by atoms with E-state index in [9.17, 15) is 9.18 Å². The van der Waals surface area contributed by atoms with Gasteiger partial charge in [0, 0.05) is 0 Å². The third-order valence-electron chi connectivity index (χ3n) is 3.89. The molecule has 0 spiro atoms. The molecule has 7 heteroatoms. The Morgan fingerprint density at radius 1 is 1.14 bits per heavy atom. The van der Waals surface area contributed by atoms with E-state index in [4.69, 9.17) is 21.7 Å². The molecule has 0 saturated carbocycles. The highest BCUT2D eigenvalue weighted by molar-refractivity contribution is 8.27. The van der Waals surface area contributed by atoms with Crippen molar-refractivity contribution < 1.29 is 18.7 Å². The van der Waals surface area contributed by atoms with Crippen LogP contribution in [0.5, 0.6) is 11.5 Å². The van der Waals surface area contributed by atoms with E-state index in [1.54, 1.807) is 18.2 Å². The summed E-state index contributed by atoms with van der Waals surface area (Å²) in [7, 11) is 0. The quantitative estimate of drug-likeness (QED) is 0.444. The molecule has 1 aliphatic heterocycles. The van der Waals surface area contributed by atoms with Crippen LogP contribution in [-0.2, 0) is 4.79 Å². The first kappa shape index (κ1) is 20.4. The predicted octanol–water partition coefficient (Wildman–Crippen LogP) is 5.42. The molecule has 1 aliphatic rings. The number of thiocarbonyl (C=S) groups is 1. The Morgan fingerprint density at radius 2 is 1.96 bits per heavy atom. The Hall–Kier alpha value is -2.38. The van der Waals surface area contributed by atoms with Crippen LogP contribution >= 0.6 is 24.0 Å². The van der Waals surface area contributed by atoms with Gasteiger partial charge in [-0.05, 0) is 55.3 Å². The average molecular weight is 418 g/mol. The SMILES string of the molecule is CCCOc1ccc(/C=C2/SC(=S)N(c3cccc(F)c3)C2=O)cc1OCC. The van der Waals surface area contributed by atoms with E-state index in [-0.39, 0.29) is 5.91 Å². The van der Waals surface area contributed by atoms with Crippen molar-refractivity contribution in [1.82, 2.24) is 0 Å². The molecule has 0 N–H and O–H groups in total. The summed E-state index contributed by atoms with van der Waals surface area (Å²) < 4.78 is 25.3. The molecule has 4 nitrogen and oxygen atoms in total. The fraction of sp³-hybridized carbons (Fsp3) is 0.238. The number of amides is 1. The highest BCUT2D eigenvalue weighted by Crippen LogP contribution is 2.37. The number of ether oxygens (including phenoxy) is 2. The van der Waals surface area contributed by atoms with Crippen molar-refractivity contribution in [2.75, 3.05) is 18.1 Å². The largest absolute Gasteiger partial charge is 0.490 e. The van der Waals surface area contributed by atoms with Gasteiger partial charge in [-0.1, -0.05) is 43.0 Å². The lowest BCUT2D eigenvalue weighted by Gasteiger charge is -2.14. The highest BCUT2D eigenvalue weighted by Gasteiger charge is 2.33. The first-order chi connectivity index (χ1) is 13.5. The van der Waals surface area contributed by atoms with Crippen LogP contribution in [0.15, 0.2) is 47.4 Å². The number of carbonyl (C=O) groups is 1. The predicted molar refractivity (Wildman–Crippen MR) is 115 cm³/mol. The third kappa shape index (κ3) is 4.54. The van der Waals surface area contributed by atoms with Gasteiger partial charge in [-0.15, -0.1) is 0 Å². The minimum Gasteiger partial charge on any atom is -0.490 e. The zero-order chi connectivity index (χ0) is 20.1. The molecule has 1 fully saturated rings. The number of hydrogen-bond donors (Lipinski definition) is 0. The van der Waals surface area contributed by atoms with Gasteiger partial charge in [-0.3, -0.25) is 9.69 Å². The Balaban J connectivity index is 1.88. The summed E-state index contributed by atoms with van der Waals surface area (Å²) in [6.07, 6.45) is 2.65. The van der Waals surface area contributed by atoms with Crippen molar-refractivity contribution in [3.05, 3.63) is 58.8 Å². The van der Waals surface area contributed by atoms with E-state index in [0.717, 1.165) is 12.0 Å². The van der Waals surface area contributed by atoms with Gasteiger partial charge in [0.2, 0.25) is 0 Å². The Bertz CT molecular complexity index is 930. The average Bonchev–Trinajstić information content (AvgIpc) is 2.94. The van der Waals surface area contributed by atoms with E-state index >= 15 is 0 Å². The van der Waals surface area contributed by atoms with E-state index < -0.39 is 5.82 Å². The smallest absolute Gasteiger partial charge is 0.270 e. The Morgan fingerprint density at radius 3 is 2.68 bits per heavy atom. The molecule has 146 valence electrons. The van der Waals surface area contributed by atoms with Crippen LogP contribution in [0.25, 0.3) is 6.08 Å². The van der Waals surface area contributed by atoms with Crippen molar-refractivity contribution in [2.24, 2.45) is 0 Å². The molecule has 2 aromatic rings. The fourth-order valence-corrected chi connectivity index (χ4v) is 3.97. The summed E-state index contributed by atoms with van der Waals surface area (Å²) >= 11 is 6.52. The summed E-state index contributed by atoms with van der Waals surface area (Å²) in [5, 5.41) is 0. The number of carbonyl (C=O) groups excluding carboxylic acids is 1. The second kappa shape index (κ2) is 9.21. The molecule has 0 radical (unpaired) electrons. The number of halogens is 1. The zero-order valence-corrected chi connectivity index (χ0v) is 17.2. The standard InChI is InChI=1S/C21H20FNO3S2/c1-3-10-26-17-9-8-14(11-18(17)25-4-2)12-19-20(24)23(21(27)28-19)16-7-5-6-15(22)13-16/h5-9,11-13H,3-4,10H2,1-2H3/b19-12+. The second-order valence-corrected chi connectivity index (χ2v) is 7.66. The molecule has 0 unspecified atom stereocenters. The maximum atomic E-state index is 13.5. The summed E-state index contributed by atoms with van der Waals surface area (Å²) in [6.45, 7) is 5.05. The zero-order valence-electron chi connectivity index (χ0n) is 15.6. The number of benzene rings is 2. The van der Waals surface area contributed by atoms with Gasteiger partial charge in [0.15, 0.2) is 15.8 Å². The molecule has 1 heterocycles. The number of hydrogen-bond acceptors (Lipinski definition) is 5. The van der Waals surface area contributed by atoms with Gasteiger partial charge in [0.25, 0.3) is 5.91 Å². The van der Waals surface area contributed by atoms with Gasteiger partial charge < -0.3 is 9.47 Å². The molecule has 1 amide bonds. The molecule has 0 aliphatic carbocycles. The van der Waals surface area contributed by atoms with E-state index in [1.165, 1.54) is 28.8 Å². The van der Waals surface area contributed by atoms with Gasteiger partial charge in [-0.25, -0.2) is 4.39 Å². The van der Waals surface area contributed by atoms with Crippen molar-refractivity contribution in [3.8, 4) is 11.5 Å². The monoisotopic (exact) mass is 417 g/mol.